The zero-order chi connectivity index (χ0) is 19.5. The summed E-state index contributed by atoms with van der Waals surface area (Å²) in [6.45, 7) is 1.70. The van der Waals surface area contributed by atoms with E-state index in [4.69, 9.17) is 13.9 Å². The van der Waals surface area contributed by atoms with Crippen LogP contribution in [0.4, 0.5) is 5.69 Å². The van der Waals surface area contributed by atoms with Gasteiger partial charge in [0.1, 0.15) is 6.42 Å². The number of carbonyl (C=O) groups is 3. The van der Waals surface area contributed by atoms with E-state index in [0.717, 1.165) is 0 Å². The number of nitrogens with one attached hydrogen (secondary N) is 1. The van der Waals surface area contributed by atoms with Crippen LogP contribution in [0, 0.1) is 0 Å². The van der Waals surface area contributed by atoms with E-state index in [1.165, 1.54) is 6.26 Å². The fraction of sp³-hybridized carbons (Fsp3) is 0.316. The summed E-state index contributed by atoms with van der Waals surface area (Å²) in [6, 6.07) is 8.32. The van der Waals surface area contributed by atoms with Crippen LogP contribution in [-0.2, 0) is 9.59 Å². The van der Waals surface area contributed by atoms with Crippen molar-refractivity contribution in [2.75, 3.05) is 38.3 Å². The van der Waals surface area contributed by atoms with Crippen molar-refractivity contribution in [3.05, 3.63) is 42.4 Å². The normalized spacial score (nSPS) is 15.4. The van der Waals surface area contributed by atoms with Crippen LogP contribution in [0.25, 0.3) is 0 Å². The molecule has 1 N–H and O–H groups in total. The van der Waals surface area contributed by atoms with E-state index in [2.05, 4.69) is 5.32 Å². The molecule has 28 heavy (non-hydrogen) atoms. The average Bonchev–Trinajstić information content (AvgIpc) is 3.39. The third kappa shape index (κ3) is 3.78. The summed E-state index contributed by atoms with van der Waals surface area (Å²) in [7, 11) is 0. The van der Waals surface area contributed by atoms with Crippen LogP contribution in [-0.4, -0.2) is 60.5 Å². The summed E-state index contributed by atoms with van der Waals surface area (Å²) < 4.78 is 15.6. The molecule has 1 fully saturated rings. The quantitative estimate of drug-likeness (QED) is 0.797. The lowest BCUT2D eigenvalue weighted by Crippen LogP contribution is -2.51. The topological polar surface area (TPSA) is 101 Å². The monoisotopic (exact) mass is 385 g/mol. The van der Waals surface area contributed by atoms with Gasteiger partial charge >= 0.3 is 0 Å². The van der Waals surface area contributed by atoms with Gasteiger partial charge in [-0.1, -0.05) is 0 Å². The van der Waals surface area contributed by atoms with Gasteiger partial charge in [-0.05, 0) is 24.3 Å². The molecule has 4 rings (SSSR count). The summed E-state index contributed by atoms with van der Waals surface area (Å²) in [5, 5.41) is 2.69. The number of carbonyl (C=O) groups excluding carboxylic acids is 3. The third-order valence-corrected chi connectivity index (χ3v) is 4.62. The second-order valence-electron chi connectivity index (χ2n) is 6.44. The van der Waals surface area contributed by atoms with E-state index < -0.39 is 5.91 Å². The summed E-state index contributed by atoms with van der Waals surface area (Å²) in [6.07, 6.45) is 1.19. The second-order valence-corrected chi connectivity index (χ2v) is 6.44. The molecular formula is C19H19N3O6. The van der Waals surface area contributed by atoms with Crippen molar-refractivity contribution >= 4 is 23.4 Å². The van der Waals surface area contributed by atoms with E-state index in [9.17, 15) is 14.4 Å². The highest BCUT2D eigenvalue weighted by atomic mass is 16.7. The summed E-state index contributed by atoms with van der Waals surface area (Å²) >= 11 is 0. The van der Waals surface area contributed by atoms with Crippen molar-refractivity contribution in [3.63, 3.8) is 0 Å². The van der Waals surface area contributed by atoms with Crippen molar-refractivity contribution < 1.29 is 28.3 Å². The molecule has 0 bridgehead atoms. The van der Waals surface area contributed by atoms with Crippen LogP contribution in [0.5, 0.6) is 11.5 Å². The highest BCUT2D eigenvalue weighted by molar-refractivity contribution is 6.03. The number of hydrogen-bond acceptors (Lipinski definition) is 6. The van der Waals surface area contributed by atoms with Crippen molar-refractivity contribution in [2.45, 2.75) is 6.42 Å². The molecule has 0 radical (unpaired) electrons. The van der Waals surface area contributed by atoms with Gasteiger partial charge in [-0.15, -0.1) is 0 Å². The van der Waals surface area contributed by atoms with Crippen LogP contribution in [0.3, 0.4) is 0 Å². The lowest BCUT2D eigenvalue weighted by Gasteiger charge is -2.34. The first-order valence-electron chi connectivity index (χ1n) is 8.90. The third-order valence-electron chi connectivity index (χ3n) is 4.62. The molecule has 146 valence electrons. The standard InChI is InChI=1S/C19H19N3O6/c23-17(20-13-3-4-14-16(10-13)28-12-27-14)11-18(24)21-5-7-22(8-6-21)19(25)15-2-1-9-26-15/h1-4,9-10H,5-8,11-12H2,(H,20,23). The number of nitrogens with zero attached hydrogens (tertiary/aromatic N) is 2. The zero-order valence-electron chi connectivity index (χ0n) is 15.1. The molecule has 9 heteroatoms. The smallest absolute Gasteiger partial charge is 0.289 e. The van der Waals surface area contributed by atoms with E-state index in [-0.39, 0.29) is 30.8 Å². The highest BCUT2D eigenvalue weighted by Gasteiger charge is 2.27. The molecule has 1 saturated heterocycles. The molecule has 3 heterocycles. The Morgan fingerprint density at radius 3 is 2.46 bits per heavy atom. The van der Waals surface area contributed by atoms with Crippen LogP contribution in [0.15, 0.2) is 41.0 Å². The minimum absolute atomic E-state index is 0.152. The second kappa shape index (κ2) is 7.63. The van der Waals surface area contributed by atoms with Crippen LogP contribution in [0.1, 0.15) is 17.0 Å². The maximum Gasteiger partial charge on any atom is 0.289 e. The fourth-order valence-electron chi connectivity index (χ4n) is 3.14. The van der Waals surface area contributed by atoms with Crippen LogP contribution in [0.2, 0.25) is 0 Å². The van der Waals surface area contributed by atoms with E-state index in [1.807, 2.05) is 0 Å². The molecule has 2 aliphatic rings. The van der Waals surface area contributed by atoms with Crippen LogP contribution < -0.4 is 14.8 Å². The maximum atomic E-state index is 12.4. The molecule has 9 nitrogen and oxygen atoms in total. The Balaban J connectivity index is 1.26. The molecule has 0 saturated carbocycles. The molecular weight excluding hydrogens is 366 g/mol. The Morgan fingerprint density at radius 2 is 1.71 bits per heavy atom. The van der Waals surface area contributed by atoms with Crippen LogP contribution >= 0.6 is 0 Å². The molecule has 1 aromatic carbocycles. The largest absolute Gasteiger partial charge is 0.459 e. The van der Waals surface area contributed by atoms with Gasteiger partial charge in [-0.25, -0.2) is 0 Å². The van der Waals surface area contributed by atoms with Crippen molar-refractivity contribution in [1.82, 2.24) is 9.80 Å². The summed E-state index contributed by atoms with van der Waals surface area (Å²) in [5.41, 5.74) is 0.538. The molecule has 0 spiro atoms. The van der Waals surface area contributed by atoms with E-state index >= 15 is 0 Å². The first kappa shape index (κ1) is 17.9. The first-order valence-corrected chi connectivity index (χ1v) is 8.90. The van der Waals surface area contributed by atoms with E-state index in [0.29, 0.717) is 43.4 Å². The number of rotatable bonds is 4. The highest BCUT2D eigenvalue weighted by Crippen LogP contribution is 2.34. The van der Waals surface area contributed by atoms with Gasteiger partial charge in [0.25, 0.3) is 5.91 Å². The number of furan rings is 1. The first-order chi connectivity index (χ1) is 13.6. The Morgan fingerprint density at radius 1 is 0.964 bits per heavy atom. The van der Waals surface area contributed by atoms with Gasteiger partial charge in [-0.3, -0.25) is 14.4 Å². The Hall–Kier alpha value is -3.49. The zero-order valence-corrected chi connectivity index (χ0v) is 15.1. The van der Waals surface area contributed by atoms with Gasteiger partial charge in [0, 0.05) is 37.9 Å². The molecule has 2 aromatic rings. The summed E-state index contributed by atoms with van der Waals surface area (Å²) in [4.78, 5) is 40.0. The Kier molecular flexibility index (Phi) is 4.88. The number of ether oxygens (including phenoxy) is 2. The fourth-order valence-corrected chi connectivity index (χ4v) is 3.14. The molecule has 2 aliphatic heterocycles. The van der Waals surface area contributed by atoms with Gasteiger partial charge in [0.2, 0.25) is 18.6 Å². The van der Waals surface area contributed by atoms with Gasteiger partial charge in [-0.2, -0.15) is 0 Å². The number of benzene rings is 1. The average molecular weight is 385 g/mol. The molecule has 0 atom stereocenters. The van der Waals surface area contributed by atoms with Gasteiger partial charge < -0.3 is 29.0 Å². The SMILES string of the molecule is O=C(CC(=O)N1CCN(C(=O)c2ccco2)CC1)Nc1ccc2c(c1)OCO2. The van der Waals surface area contributed by atoms with E-state index in [1.54, 1.807) is 40.1 Å². The summed E-state index contributed by atoms with van der Waals surface area (Å²) in [5.74, 6) is 0.583. The van der Waals surface area contributed by atoms with Crippen molar-refractivity contribution in [1.29, 1.82) is 0 Å². The molecule has 1 aromatic heterocycles. The van der Waals surface area contributed by atoms with Gasteiger partial charge in [0.05, 0.1) is 6.26 Å². The number of amides is 3. The Bertz CT molecular complexity index is 887. The lowest BCUT2D eigenvalue weighted by molar-refractivity contribution is -0.135. The lowest BCUT2D eigenvalue weighted by atomic mass is 10.2. The number of anilines is 1. The minimum atomic E-state index is -0.405. The van der Waals surface area contributed by atoms with Gasteiger partial charge in [0.15, 0.2) is 17.3 Å². The minimum Gasteiger partial charge on any atom is -0.459 e. The van der Waals surface area contributed by atoms with Crippen molar-refractivity contribution in [2.24, 2.45) is 0 Å². The number of piperazine rings is 1. The number of fused-ring (bicyclic) bond motifs is 1. The molecule has 3 amide bonds. The predicted octanol–water partition coefficient (Wildman–Crippen LogP) is 1.32. The number of hydrogen-bond donors (Lipinski definition) is 1. The van der Waals surface area contributed by atoms with Crippen molar-refractivity contribution in [3.8, 4) is 11.5 Å². The Labute approximate surface area is 160 Å². The maximum absolute atomic E-state index is 12.4. The molecule has 0 unspecified atom stereocenters. The molecule has 0 aliphatic carbocycles. The predicted molar refractivity (Wildman–Crippen MR) is 97.0 cm³/mol.